The van der Waals surface area contributed by atoms with Gasteiger partial charge in [-0.05, 0) is 42.5 Å². The molecule has 1 amide bonds. The van der Waals surface area contributed by atoms with Crippen LogP contribution in [0.4, 0.5) is 5.69 Å². The number of para-hydroxylation sites is 1. The Bertz CT molecular complexity index is 1090. The zero-order valence-electron chi connectivity index (χ0n) is 16.9. The monoisotopic (exact) mass is 400 g/mol. The zero-order chi connectivity index (χ0) is 20.8. The predicted octanol–water partition coefficient (Wildman–Crippen LogP) is 3.78. The Morgan fingerprint density at radius 2 is 1.90 bits per heavy atom. The Morgan fingerprint density at radius 3 is 2.73 bits per heavy atom. The fourth-order valence-corrected chi connectivity index (χ4v) is 3.19. The summed E-state index contributed by atoms with van der Waals surface area (Å²) >= 11 is 0. The van der Waals surface area contributed by atoms with Crippen LogP contribution in [-0.2, 0) is 6.61 Å². The molecule has 4 rings (SSSR count). The Kier molecular flexibility index (Phi) is 5.94. The highest BCUT2D eigenvalue weighted by atomic mass is 16.5. The van der Waals surface area contributed by atoms with Crippen molar-refractivity contribution >= 4 is 17.2 Å². The van der Waals surface area contributed by atoms with E-state index in [0.717, 1.165) is 23.6 Å². The van der Waals surface area contributed by atoms with Crippen LogP contribution < -0.4 is 15.0 Å². The van der Waals surface area contributed by atoms with Crippen molar-refractivity contribution < 1.29 is 9.53 Å². The molecule has 0 bridgehead atoms. The lowest BCUT2D eigenvalue weighted by atomic mass is 10.2. The summed E-state index contributed by atoms with van der Waals surface area (Å²) < 4.78 is 7.80. The van der Waals surface area contributed by atoms with E-state index in [1.165, 1.54) is 0 Å². The maximum Gasteiger partial charge on any atom is 0.251 e. The molecule has 0 saturated heterocycles. The highest BCUT2D eigenvalue weighted by molar-refractivity contribution is 5.94. The molecule has 0 aliphatic carbocycles. The summed E-state index contributed by atoms with van der Waals surface area (Å²) in [5, 5.41) is 2.97. The Hall–Kier alpha value is -3.80. The largest absolute Gasteiger partial charge is 0.487 e. The Morgan fingerprint density at radius 1 is 1.07 bits per heavy atom. The topological polar surface area (TPSA) is 58.9 Å². The number of imidazole rings is 1. The molecular weight excluding hydrogens is 376 g/mol. The van der Waals surface area contributed by atoms with Gasteiger partial charge in [0.2, 0.25) is 0 Å². The average molecular weight is 400 g/mol. The molecular formula is C24H24N4O2. The highest BCUT2D eigenvalue weighted by Crippen LogP contribution is 2.16. The Labute approximate surface area is 175 Å². The molecule has 0 radical (unpaired) electrons. The first-order valence-electron chi connectivity index (χ1n) is 9.89. The van der Waals surface area contributed by atoms with Crippen LogP contribution in [0.25, 0.3) is 5.65 Å². The van der Waals surface area contributed by atoms with Gasteiger partial charge in [0.15, 0.2) is 0 Å². The van der Waals surface area contributed by atoms with Gasteiger partial charge in [0.25, 0.3) is 5.91 Å². The van der Waals surface area contributed by atoms with Crippen molar-refractivity contribution in [2.75, 3.05) is 25.0 Å². The van der Waals surface area contributed by atoms with E-state index in [9.17, 15) is 4.79 Å². The van der Waals surface area contributed by atoms with E-state index < -0.39 is 0 Å². The molecule has 2 aromatic heterocycles. The lowest BCUT2D eigenvalue weighted by Crippen LogP contribution is -2.32. The molecule has 0 atom stereocenters. The SMILES string of the molecule is CN(CCNC(=O)c1cccc(OCc2cn3ccccc3n2)c1)c1ccccc1. The van der Waals surface area contributed by atoms with Crippen molar-refractivity contribution in [3.63, 3.8) is 0 Å². The molecule has 0 unspecified atom stereocenters. The van der Waals surface area contributed by atoms with E-state index in [1.807, 2.05) is 84.5 Å². The van der Waals surface area contributed by atoms with Crippen LogP contribution in [-0.4, -0.2) is 35.4 Å². The first kappa shape index (κ1) is 19.5. The third-order valence-electron chi connectivity index (χ3n) is 4.83. The maximum absolute atomic E-state index is 12.5. The van der Waals surface area contributed by atoms with E-state index >= 15 is 0 Å². The molecule has 6 heteroatoms. The Balaban J connectivity index is 1.30. The normalized spacial score (nSPS) is 10.7. The molecule has 4 aromatic rings. The van der Waals surface area contributed by atoms with Crippen molar-refractivity contribution in [2.45, 2.75) is 6.61 Å². The van der Waals surface area contributed by atoms with E-state index in [2.05, 4.69) is 15.2 Å². The van der Waals surface area contributed by atoms with E-state index in [-0.39, 0.29) is 5.91 Å². The number of anilines is 1. The minimum absolute atomic E-state index is 0.116. The van der Waals surface area contributed by atoms with Crippen molar-refractivity contribution in [3.8, 4) is 5.75 Å². The molecule has 1 N–H and O–H groups in total. The highest BCUT2D eigenvalue weighted by Gasteiger charge is 2.08. The second-order valence-electron chi connectivity index (χ2n) is 7.03. The van der Waals surface area contributed by atoms with Gasteiger partial charge >= 0.3 is 0 Å². The maximum atomic E-state index is 12.5. The number of benzene rings is 2. The van der Waals surface area contributed by atoms with Crippen molar-refractivity contribution in [2.24, 2.45) is 0 Å². The molecule has 152 valence electrons. The number of hydrogen-bond donors (Lipinski definition) is 1. The molecule has 6 nitrogen and oxygen atoms in total. The van der Waals surface area contributed by atoms with Gasteiger partial charge in [0.05, 0.1) is 5.69 Å². The van der Waals surface area contributed by atoms with Gasteiger partial charge < -0.3 is 19.4 Å². The standard InChI is InChI=1S/C24H24N4O2/c1-27(21-9-3-2-4-10-21)15-13-25-24(29)19-8-7-11-22(16-19)30-18-20-17-28-14-6-5-12-23(28)26-20/h2-12,14,16-17H,13,15,18H2,1H3,(H,25,29). The molecule has 30 heavy (non-hydrogen) atoms. The summed E-state index contributed by atoms with van der Waals surface area (Å²) in [6.07, 6.45) is 3.89. The van der Waals surface area contributed by atoms with Gasteiger partial charge in [0.1, 0.15) is 18.0 Å². The number of likely N-dealkylation sites (N-methyl/N-ethyl adjacent to an activating group) is 1. The number of carbonyl (C=O) groups excluding carboxylic acids is 1. The number of pyridine rings is 1. The molecule has 0 saturated carbocycles. The second kappa shape index (κ2) is 9.13. The van der Waals surface area contributed by atoms with Crippen molar-refractivity contribution in [3.05, 3.63) is 96.4 Å². The molecule has 2 aromatic carbocycles. The lowest BCUT2D eigenvalue weighted by molar-refractivity contribution is 0.0954. The summed E-state index contributed by atoms with van der Waals surface area (Å²) in [5.74, 6) is 0.524. The summed E-state index contributed by atoms with van der Waals surface area (Å²) in [6.45, 7) is 1.62. The fraction of sp³-hybridized carbons (Fsp3) is 0.167. The van der Waals surface area contributed by atoms with Crippen molar-refractivity contribution in [1.82, 2.24) is 14.7 Å². The van der Waals surface area contributed by atoms with Gasteiger partial charge in [-0.25, -0.2) is 4.98 Å². The summed E-state index contributed by atoms with van der Waals surface area (Å²) in [6, 6.07) is 23.2. The molecule has 0 spiro atoms. The number of nitrogens with one attached hydrogen (secondary N) is 1. The minimum atomic E-state index is -0.116. The number of carbonyl (C=O) groups is 1. The number of rotatable bonds is 8. The summed E-state index contributed by atoms with van der Waals surface area (Å²) in [4.78, 5) is 19.1. The third kappa shape index (κ3) is 4.78. The van der Waals surface area contributed by atoms with Crippen LogP contribution in [0.3, 0.4) is 0 Å². The van der Waals surface area contributed by atoms with E-state index in [0.29, 0.717) is 24.5 Å². The number of nitrogens with zero attached hydrogens (tertiary/aromatic N) is 3. The smallest absolute Gasteiger partial charge is 0.251 e. The van der Waals surface area contributed by atoms with Crippen LogP contribution in [0, 0.1) is 0 Å². The number of ether oxygens (including phenoxy) is 1. The summed E-state index contributed by atoms with van der Waals surface area (Å²) in [7, 11) is 2.01. The second-order valence-corrected chi connectivity index (χ2v) is 7.03. The number of amides is 1. The van der Waals surface area contributed by atoms with Gasteiger partial charge in [0, 0.05) is 43.8 Å². The first-order valence-corrected chi connectivity index (χ1v) is 9.89. The quantitative estimate of drug-likeness (QED) is 0.489. The van der Waals surface area contributed by atoms with E-state index in [1.54, 1.807) is 12.1 Å². The number of hydrogen-bond acceptors (Lipinski definition) is 4. The molecule has 0 fully saturated rings. The molecule has 0 aliphatic rings. The summed E-state index contributed by atoms with van der Waals surface area (Å²) in [5.41, 5.74) is 3.41. The fourth-order valence-electron chi connectivity index (χ4n) is 3.19. The zero-order valence-corrected chi connectivity index (χ0v) is 16.9. The van der Waals surface area contributed by atoms with Crippen LogP contribution in [0.1, 0.15) is 16.1 Å². The minimum Gasteiger partial charge on any atom is -0.487 e. The third-order valence-corrected chi connectivity index (χ3v) is 4.83. The van der Waals surface area contributed by atoms with E-state index in [4.69, 9.17) is 4.74 Å². The number of fused-ring (bicyclic) bond motifs is 1. The van der Waals surface area contributed by atoms with Gasteiger partial charge in [-0.3, -0.25) is 4.79 Å². The van der Waals surface area contributed by atoms with Crippen LogP contribution in [0.2, 0.25) is 0 Å². The van der Waals surface area contributed by atoms with Crippen LogP contribution in [0.15, 0.2) is 85.2 Å². The van der Waals surface area contributed by atoms with Crippen molar-refractivity contribution in [1.29, 1.82) is 0 Å². The van der Waals surface area contributed by atoms with Crippen LogP contribution >= 0.6 is 0 Å². The predicted molar refractivity (Wildman–Crippen MR) is 118 cm³/mol. The average Bonchev–Trinajstić information content (AvgIpc) is 3.21. The first-order chi connectivity index (χ1) is 14.7. The number of aromatic nitrogens is 2. The molecule has 0 aliphatic heterocycles. The van der Waals surface area contributed by atoms with Gasteiger partial charge in [-0.2, -0.15) is 0 Å². The van der Waals surface area contributed by atoms with Gasteiger partial charge in [-0.15, -0.1) is 0 Å². The van der Waals surface area contributed by atoms with Gasteiger partial charge in [-0.1, -0.05) is 30.3 Å². The lowest BCUT2D eigenvalue weighted by Gasteiger charge is -2.19. The molecule has 2 heterocycles. The van der Waals surface area contributed by atoms with Crippen LogP contribution in [0.5, 0.6) is 5.75 Å².